The highest BCUT2D eigenvalue weighted by atomic mass is 16.5. The van der Waals surface area contributed by atoms with Gasteiger partial charge in [-0.25, -0.2) is 4.79 Å². The number of rotatable bonds is 4. The molecule has 1 aliphatic carbocycles. The van der Waals surface area contributed by atoms with Gasteiger partial charge >= 0.3 is 5.97 Å². The molecule has 3 unspecified atom stereocenters. The number of hydrogen-bond donors (Lipinski definition) is 1. The molecule has 1 fully saturated rings. The SMILES string of the molecule is COC(=O)C(NC1CC(C)CC(C)C1)c1ccccc1. The monoisotopic (exact) mass is 275 g/mol. The fourth-order valence-electron chi connectivity index (χ4n) is 3.38. The van der Waals surface area contributed by atoms with Crippen molar-refractivity contribution in [2.45, 2.75) is 45.2 Å². The smallest absolute Gasteiger partial charge is 0.327 e. The van der Waals surface area contributed by atoms with Gasteiger partial charge in [0.25, 0.3) is 0 Å². The second kappa shape index (κ2) is 6.89. The Hall–Kier alpha value is -1.35. The molecule has 1 aliphatic rings. The number of esters is 1. The summed E-state index contributed by atoms with van der Waals surface area (Å²) >= 11 is 0. The summed E-state index contributed by atoms with van der Waals surface area (Å²) in [6, 6.07) is 9.86. The summed E-state index contributed by atoms with van der Waals surface area (Å²) in [6.45, 7) is 4.58. The molecule has 0 heterocycles. The van der Waals surface area contributed by atoms with Gasteiger partial charge in [-0.05, 0) is 36.7 Å². The molecule has 0 amide bonds. The number of methoxy groups -OCH3 is 1. The van der Waals surface area contributed by atoms with Gasteiger partial charge in [-0.15, -0.1) is 0 Å². The van der Waals surface area contributed by atoms with Crippen LogP contribution in [0.15, 0.2) is 30.3 Å². The van der Waals surface area contributed by atoms with E-state index >= 15 is 0 Å². The van der Waals surface area contributed by atoms with Gasteiger partial charge in [0.1, 0.15) is 6.04 Å². The van der Waals surface area contributed by atoms with Crippen molar-refractivity contribution in [2.75, 3.05) is 7.11 Å². The fourth-order valence-corrected chi connectivity index (χ4v) is 3.38. The van der Waals surface area contributed by atoms with Gasteiger partial charge in [0, 0.05) is 6.04 Å². The topological polar surface area (TPSA) is 38.3 Å². The van der Waals surface area contributed by atoms with Gasteiger partial charge in [0.15, 0.2) is 0 Å². The summed E-state index contributed by atoms with van der Waals surface area (Å²) in [5.74, 6) is 1.22. The molecular weight excluding hydrogens is 250 g/mol. The molecule has 3 nitrogen and oxygen atoms in total. The average Bonchev–Trinajstić information content (AvgIpc) is 2.44. The van der Waals surface area contributed by atoms with E-state index < -0.39 is 0 Å². The van der Waals surface area contributed by atoms with Crippen molar-refractivity contribution in [1.82, 2.24) is 5.32 Å². The quantitative estimate of drug-likeness (QED) is 0.857. The molecule has 0 radical (unpaired) electrons. The van der Waals surface area contributed by atoms with Gasteiger partial charge in [-0.1, -0.05) is 44.2 Å². The molecule has 0 bridgehead atoms. The Morgan fingerprint density at radius 1 is 1.15 bits per heavy atom. The maximum atomic E-state index is 12.1. The van der Waals surface area contributed by atoms with Crippen molar-refractivity contribution in [2.24, 2.45) is 11.8 Å². The van der Waals surface area contributed by atoms with E-state index in [1.807, 2.05) is 30.3 Å². The van der Waals surface area contributed by atoms with E-state index in [-0.39, 0.29) is 12.0 Å². The van der Waals surface area contributed by atoms with Crippen LogP contribution in [-0.4, -0.2) is 19.1 Å². The minimum absolute atomic E-state index is 0.206. The Morgan fingerprint density at radius 2 is 1.75 bits per heavy atom. The molecule has 0 aromatic heterocycles. The predicted molar refractivity (Wildman–Crippen MR) is 80.3 cm³/mol. The zero-order chi connectivity index (χ0) is 14.5. The van der Waals surface area contributed by atoms with Crippen LogP contribution in [0.2, 0.25) is 0 Å². The summed E-state index contributed by atoms with van der Waals surface area (Å²) in [6.07, 6.45) is 3.54. The van der Waals surface area contributed by atoms with E-state index in [4.69, 9.17) is 4.74 Å². The summed E-state index contributed by atoms with van der Waals surface area (Å²) in [5, 5.41) is 3.51. The van der Waals surface area contributed by atoms with Gasteiger partial charge in [-0.2, -0.15) is 0 Å². The van der Waals surface area contributed by atoms with Crippen molar-refractivity contribution < 1.29 is 9.53 Å². The molecule has 0 aliphatic heterocycles. The van der Waals surface area contributed by atoms with Gasteiger partial charge < -0.3 is 4.74 Å². The molecule has 0 spiro atoms. The van der Waals surface area contributed by atoms with Gasteiger partial charge in [0.2, 0.25) is 0 Å². The van der Waals surface area contributed by atoms with Crippen molar-refractivity contribution >= 4 is 5.97 Å². The summed E-state index contributed by atoms with van der Waals surface area (Å²) in [5.41, 5.74) is 0.977. The minimum Gasteiger partial charge on any atom is -0.468 e. The van der Waals surface area contributed by atoms with Gasteiger partial charge in [-0.3, -0.25) is 5.32 Å². The van der Waals surface area contributed by atoms with Crippen LogP contribution in [0.1, 0.15) is 44.7 Å². The highest BCUT2D eigenvalue weighted by Gasteiger charge is 2.29. The van der Waals surface area contributed by atoms with Gasteiger partial charge in [0.05, 0.1) is 7.11 Å². The molecule has 2 rings (SSSR count). The Morgan fingerprint density at radius 3 is 2.30 bits per heavy atom. The summed E-state index contributed by atoms with van der Waals surface area (Å²) in [7, 11) is 1.45. The van der Waals surface area contributed by atoms with Crippen LogP contribution in [0, 0.1) is 11.8 Å². The summed E-state index contributed by atoms with van der Waals surface area (Å²) in [4.78, 5) is 12.1. The Balaban J connectivity index is 2.10. The van der Waals surface area contributed by atoms with Crippen molar-refractivity contribution in [3.63, 3.8) is 0 Å². The average molecular weight is 275 g/mol. The van der Waals surface area contributed by atoms with E-state index in [1.165, 1.54) is 13.5 Å². The zero-order valence-electron chi connectivity index (χ0n) is 12.6. The van der Waals surface area contributed by atoms with E-state index in [2.05, 4.69) is 19.2 Å². The number of hydrogen-bond acceptors (Lipinski definition) is 3. The van der Waals surface area contributed by atoms with E-state index in [0.717, 1.165) is 18.4 Å². The number of carbonyl (C=O) groups excluding carboxylic acids is 1. The molecular formula is C17H25NO2. The molecule has 3 heteroatoms. The Bertz CT molecular complexity index is 422. The molecule has 110 valence electrons. The molecule has 0 saturated heterocycles. The van der Waals surface area contributed by atoms with E-state index in [9.17, 15) is 4.79 Å². The zero-order valence-corrected chi connectivity index (χ0v) is 12.6. The van der Waals surface area contributed by atoms with Crippen LogP contribution in [0.25, 0.3) is 0 Å². The van der Waals surface area contributed by atoms with Crippen LogP contribution in [0.5, 0.6) is 0 Å². The second-order valence-corrected chi connectivity index (χ2v) is 6.15. The first kappa shape index (κ1) is 15.0. The third-order valence-corrected chi connectivity index (χ3v) is 4.15. The number of carbonyl (C=O) groups is 1. The molecule has 1 aromatic rings. The highest BCUT2D eigenvalue weighted by Crippen LogP contribution is 2.30. The summed E-state index contributed by atoms with van der Waals surface area (Å²) < 4.78 is 4.96. The van der Waals surface area contributed by atoms with E-state index in [0.29, 0.717) is 17.9 Å². The highest BCUT2D eigenvalue weighted by molar-refractivity contribution is 5.77. The maximum Gasteiger partial charge on any atom is 0.327 e. The van der Waals surface area contributed by atoms with Crippen LogP contribution < -0.4 is 5.32 Å². The second-order valence-electron chi connectivity index (χ2n) is 6.15. The lowest BCUT2D eigenvalue weighted by molar-refractivity contribution is -0.143. The van der Waals surface area contributed by atoms with Crippen molar-refractivity contribution in [1.29, 1.82) is 0 Å². The third kappa shape index (κ3) is 3.83. The normalized spacial score (nSPS) is 27.9. The molecule has 1 N–H and O–H groups in total. The van der Waals surface area contributed by atoms with Crippen LogP contribution in [-0.2, 0) is 9.53 Å². The first-order chi connectivity index (χ1) is 9.60. The number of nitrogens with one attached hydrogen (secondary N) is 1. The molecule has 3 atom stereocenters. The van der Waals surface area contributed by atoms with Crippen LogP contribution in [0.4, 0.5) is 0 Å². The van der Waals surface area contributed by atoms with Crippen molar-refractivity contribution in [3.05, 3.63) is 35.9 Å². The standard InChI is InChI=1S/C17H25NO2/c1-12-9-13(2)11-15(10-12)18-16(17(19)20-3)14-7-5-4-6-8-14/h4-8,12-13,15-16,18H,9-11H2,1-3H3. The Labute approximate surface area is 121 Å². The number of benzene rings is 1. The van der Waals surface area contributed by atoms with Crippen LogP contribution >= 0.6 is 0 Å². The predicted octanol–water partition coefficient (Wildman–Crippen LogP) is 3.32. The Kier molecular flexibility index (Phi) is 5.18. The maximum absolute atomic E-state index is 12.1. The third-order valence-electron chi connectivity index (χ3n) is 4.15. The first-order valence-corrected chi connectivity index (χ1v) is 7.49. The molecule has 20 heavy (non-hydrogen) atoms. The molecule has 1 aromatic carbocycles. The molecule has 1 saturated carbocycles. The lowest BCUT2D eigenvalue weighted by Gasteiger charge is -2.34. The van der Waals surface area contributed by atoms with Crippen LogP contribution in [0.3, 0.4) is 0 Å². The van der Waals surface area contributed by atoms with E-state index in [1.54, 1.807) is 0 Å². The first-order valence-electron chi connectivity index (χ1n) is 7.49. The lowest BCUT2D eigenvalue weighted by Crippen LogP contribution is -2.41. The minimum atomic E-state index is -0.358. The lowest BCUT2D eigenvalue weighted by atomic mass is 9.80. The number of ether oxygens (including phenoxy) is 1. The fraction of sp³-hybridized carbons (Fsp3) is 0.588. The largest absolute Gasteiger partial charge is 0.468 e. The van der Waals surface area contributed by atoms with Crippen molar-refractivity contribution in [3.8, 4) is 0 Å².